The van der Waals surface area contributed by atoms with Gasteiger partial charge < -0.3 is 9.82 Å². The van der Waals surface area contributed by atoms with Gasteiger partial charge in [-0.2, -0.15) is 0 Å². The zero-order chi connectivity index (χ0) is 13.1. The molecule has 0 unspecified atom stereocenters. The number of aryl methyl sites for hydroxylation is 1. The van der Waals surface area contributed by atoms with Crippen molar-refractivity contribution in [2.24, 2.45) is 5.16 Å². The van der Waals surface area contributed by atoms with Crippen LogP contribution in [-0.2, 0) is 9.63 Å². The minimum Gasteiger partial charge on any atom is -0.337 e. The summed E-state index contributed by atoms with van der Waals surface area (Å²) < 4.78 is 0. The van der Waals surface area contributed by atoms with Crippen molar-refractivity contribution in [3.63, 3.8) is 0 Å². The van der Waals surface area contributed by atoms with E-state index in [1.807, 2.05) is 0 Å². The van der Waals surface area contributed by atoms with E-state index < -0.39 is 5.97 Å². The first-order valence-electron chi connectivity index (χ1n) is 4.97. The molecule has 18 heavy (non-hydrogen) atoms. The maximum Gasteiger partial charge on any atom is 0.383 e. The van der Waals surface area contributed by atoms with Crippen molar-refractivity contribution < 1.29 is 14.4 Å². The van der Waals surface area contributed by atoms with Gasteiger partial charge in [-0.1, -0.05) is 16.8 Å². The summed E-state index contributed by atoms with van der Waals surface area (Å²) in [5.74, 6) is -0.331. The van der Waals surface area contributed by atoms with Crippen molar-refractivity contribution in [2.75, 3.05) is 0 Å². The van der Waals surface area contributed by atoms with Gasteiger partial charge in [0.15, 0.2) is 5.78 Å². The monoisotopic (exact) mass is 265 g/mol. The second-order valence-electron chi connectivity index (χ2n) is 3.47. The number of halogens is 1. The normalized spacial score (nSPS) is 16.9. The summed E-state index contributed by atoms with van der Waals surface area (Å²) in [6.07, 6.45) is 5.18. The Bertz CT molecular complexity index is 598. The number of hydrogen-bond acceptors (Lipinski definition) is 5. The molecule has 1 aromatic rings. The Morgan fingerprint density at radius 2 is 2.28 bits per heavy atom. The van der Waals surface area contributed by atoms with Gasteiger partial charge in [0.1, 0.15) is 17.2 Å². The second kappa shape index (κ2) is 4.97. The fourth-order valence-corrected chi connectivity index (χ4v) is 1.43. The van der Waals surface area contributed by atoms with Crippen LogP contribution in [-0.4, -0.2) is 27.4 Å². The molecule has 0 aliphatic heterocycles. The van der Waals surface area contributed by atoms with Crippen LogP contribution in [0.1, 0.15) is 16.3 Å². The summed E-state index contributed by atoms with van der Waals surface area (Å²) in [5, 5.41) is 3.69. The van der Waals surface area contributed by atoms with Gasteiger partial charge in [-0.05, 0) is 19.1 Å². The number of nitrogens with zero attached hydrogens (tertiary/aromatic N) is 2. The number of aromatic nitrogens is 2. The second-order valence-corrected chi connectivity index (χ2v) is 3.87. The molecule has 0 bridgehead atoms. The maximum atomic E-state index is 11.5. The number of nitrogens with one attached hydrogen (secondary N) is 1. The van der Waals surface area contributed by atoms with Gasteiger partial charge in [0.05, 0.1) is 11.2 Å². The maximum absolute atomic E-state index is 11.5. The first-order valence-corrected chi connectivity index (χ1v) is 5.34. The number of allylic oxidation sites excluding steroid dienone is 4. The smallest absolute Gasteiger partial charge is 0.337 e. The third-order valence-electron chi connectivity index (χ3n) is 2.07. The third kappa shape index (κ3) is 2.72. The van der Waals surface area contributed by atoms with E-state index in [1.54, 1.807) is 6.92 Å². The topological polar surface area (TPSA) is 84.4 Å². The van der Waals surface area contributed by atoms with Gasteiger partial charge in [-0.25, -0.2) is 9.78 Å². The summed E-state index contributed by atoms with van der Waals surface area (Å²) in [6.45, 7) is 1.71. The lowest BCUT2D eigenvalue weighted by atomic mass is 10.2. The first-order chi connectivity index (χ1) is 8.56. The number of imidazole rings is 1. The van der Waals surface area contributed by atoms with Gasteiger partial charge in [0, 0.05) is 6.08 Å². The highest BCUT2D eigenvalue weighted by atomic mass is 35.5. The minimum absolute atomic E-state index is 0.121. The predicted octanol–water partition coefficient (Wildman–Crippen LogP) is 1.49. The molecule has 1 aliphatic carbocycles. The van der Waals surface area contributed by atoms with Gasteiger partial charge >= 0.3 is 5.97 Å². The van der Waals surface area contributed by atoms with Crippen molar-refractivity contribution >= 4 is 29.1 Å². The zero-order valence-electron chi connectivity index (χ0n) is 9.31. The third-order valence-corrected chi connectivity index (χ3v) is 2.37. The Kier molecular flexibility index (Phi) is 3.38. The molecular formula is C11H8ClN3O3. The van der Waals surface area contributed by atoms with Gasteiger partial charge in [-0.15, -0.1) is 0 Å². The number of oxime groups is 1. The number of carbonyl (C=O) groups is 2. The number of rotatable bonds is 2. The van der Waals surface area contributed by atoms with Crippen molar-refractivity contribution in [1.82, 2.24) is 9.97 Å². The Hall–Kier alpha value is -2.21. The van der Waals surface area contributed by atoms with Crippen LogP contribution in [0.5, 0.6) is 0 Å². The van der Waals surface area contributed by atoms with Crippen LogP contribution in [0.15, 0.2) is 34.6 Å². The highest BCUT2D eigenvalue weighted by Gasteiger charge is 2.13. The minimum atomic E-state index is -0.683. The van der Waals surface area contributed by atoms with Crippen LogP contribution in [0, 0.1) is 6.92 Å². The van der Waals surface area contributed by atoms with Crippen LogP contribution < -0.4 is 0 Å². The molecule has 1 aliphatic rings. The number of H-pyrrole nitrogens is 1. The molecule has 0 spiro atoms. The van der Waals surface area contributed by atoms with E-state index in [-0.39, 0.29) is 22.2 Å². The number of hydrogen-bond donors (Lipinski definition) is 1. The molecule has 1 aromatic heterocycles. The summed E-state index contributed by atoms with van der Waals surface area (Å²) in [6, 6.07) is 0. The molecule has 92 valence electrons. The van der Waals surface area contributed by atoms with Crippen molar-refractivity contribution in [1.29, 1.82) is 0 Å². The fourth-order valence-electron chi connectivity index (χ4n) is 1.23. The summed E-state index contributed by atoms with van der Waals surface area (Å²) in [7, 11) is 0. The summed E-state index contributed by atoms with van der Waals surface area (Å²) in [5.41, 5.74) is 0.397. The first kappa shape index (κ1) is 12.3. The highest BCUT2D eigenvalue weighted by molar-refractivity contribution is 6.48. The lowest BCUT2D eigenvalue weighted by Crippen LogP contribution is -2.07. The van der Waals surface area contributed by atoms with E-state index in [4.69, 9.17) is 11.6 Å². The van der Waals surface area contributed by atoms with E-state index in [2.05, 4.69) is 20.0 Å². The van der Waals surface area contributed by atoms with E-state index in [1.165, 1.54) is 24.4 Å². The largest absolute Gasteiger partial charge is 0.383 e. The van der Waals surface area contributed by atoms with E-state index >= 15 is 0 Å². The molecule has 0 saturated heterocycles. The predicted molar refractivity (Wildman–Crippen MR) is 64.3 cm³/mol. The van der Waals surface area contributed by atoms with Crippen LogP contribution in [0.25, 0.3) is 0 Å². The Morgan fingerprint density at radius 1 is 1.50 bits per heavy atom. The molecule has 1 heterocycles. The van der Waals surface area contributed by atoms with Gasteiger partial charge in [-0.3, -0.25) is 4.79 Å². The van der Waals surface area contributed by atoms with Gasteiger partial charge in [0.25, 0.3) is 0 Å². The average molecular weight is 266 g/mol. The van der Waals surface area contributed by atoms with E-state index in [0.717, 1.165) is 0 Å². The molecule has 0 aromatic carbocycles. The highest BCUT2D eigenvalue weighted by Crippen LogP contribution is 2.12. The van der Waals surface area contributed by atoms with Crippen LogP contribution in [0.4, 0.5) is 0 Å². The van der Waals surface area contributed by atoms with E-state index in [0.29, 0.717) is 5.82 Å². The number of carbonyl (C=O) groups excluding carboxylic acids is 2. The molecule has 0 fully saturated rings. The van der Waals surface area contributed by atoms with Gasteiger partial charge in [0.2, 0.25) is 0 Å². The van der Waals surface area contributed by atoms with E-state index in [9.17, 15) is 9.59 Å². The van der Waals surface area contributed by atoms with Crippen molar-refractivity contribution in [3.8, 4) is 0 Å². The Labute approximate surface area is 107 Å². The molecule has 0 radical (unpaired) electrons. The standard InChI is InChI=1S/C11H8ClN3O3/c1-6-13-5-10(14-6)11(17)18-15-9-3-2-7(16)4-8(9)12/h2-5H,1H3,(H,13,14)/b15-9+. The molecule has 0 saturated carbocycles. The average Bonchev–Trinajstić information content (AvgIpc) is 2.74. The SMILES string of the molecule is Cc1ncc(C(=O)O/N=C2\C=CC(=O)C=C2Cl)[nH]1. The fraction of sp³-hybridized carbons (Fsp3) is 0.0909. The number of aromatic amines is 1. The molecule has 2 rings (SSSR count). The quantitative estimate of drug-likeness (QED) is 0.499. The lowest BCUT2D eigenvalue weighted by molar-refractivity contribution is -0.110. The van der Waals surface area contributed by atoms with Crippen molar-refractivity contribution in [2.45, 2.75) is 6.92 Å². The zero-order valence-corrected chi connectivity index (χ0v) is 10.1. The Balaban J connectivity index is 2.08. The molecule has 0 atom stereocenters. The van der Waals surface area contributed by atoms with Crippen molar-refractivity contribution in [3.05, 3.63) is 41.0 Å². The van der Waals surface area contributed by atoms with Crippen LogP contribution >= 0.6 is 11.6 Å². The molecular weight excluding hydrogens is 258 g/mol. The molecule has 0 amide bonds. The lowest BCUT2D eigenvalue weighted by Gasteiger charge is -2.02. The molecule has 6 nitrogen and oxygen atoms in total. The summed E-state index contributed by atoms with van der Waals surface area (Å²) in [4.78, 5) is 33.7. The molecule has 1 N–H and O–H groups in total. The molecule has 7 heteroatoms. The van der Waals surface area contributed by atoms with Crippen LogP contribution in [0.3, 0.4) is 0 Å². The number of ketones is 1. The van der Waals surface area contributed by atoms with Crippen LogP contribution in [0.2, 0.25) is 0 Å². The Morgan fingerprint density at radius 3 is 2.89 bits per heavy atom. The summed E-state index contributed by atoms with van der Waals surface area (Å²) >= 11 is 5.76.